The molecule has 1 fully saturated rings. The number of amides is 2. The van der Waals surface area contributed by atoms with E-state index in [9.17, 15) is 9.90 Å². The summed E-state index contributed by atoms with van der Waals surface area (Å²) in [5, 5.41) is 12.3. The number of aliphatic hydroxyl groups is 1. The lowest BCUT2D eigenvalue weighted by Gasteiger charge is -2.33. The van der Waals surface area contributed by atoms with Gasteiger partial charge in [0.15, 0.2) is 0 Å². The molecule has 1 aromatic rings. The number of carbonyl (C=O) groups is 1. The first-order valence-corrected chi connectivity index (χ1v) is 7.97. The fourth-order valence-corrected chi connectivity index (χ4v) is 2.97. The molecule has 2 atom stereocenters. The highest BCUT2D eigenvalue weighted by molar-refractivity contribution is 5.74. The van der Waals surface area contributed by atoms with Crippen molar-refractivity contribution < 1.29 is 14.6 Å². The van der Waals surface area contributed by atoms with E-state index in [4.69, 9.17) is 4.74 Å². The van der Waals surface area contributed by atoms with Crippen molar-refractivity contribution in [1.82, 2.24) is 10.2 Å². The maximum Gasteiger partial charge on any atom is 0.318 e. The normalized spacial score (nSPS) is 21.4. The van der Waals surface area contributed by atoms with Crippen LogP contribution in [0.25, 0.3) is 0 Å². The zero-order chi connectivity index (χ0) is 15.8. The molecule has 0 bridgehead atoms. The van der Waals surface area contributed by atoms with Gasteiger partial charge in [0.2, 0.25) is 0 Å². The maximum absolute atomic E-state index is 12.5. The van der Waals surface area contributed by atoms with Crippen molar-refractivity contribution in [2.45, 2.75) is 44.4 Å². The van der Waals surface area contributed by atoms with Gasteiger partial charge in [0.25, 0.3) is 0 Å². The maximum atomic E-state index is 12.5. The van der Waals surface area contributed by atoms with Crippen LogP contribution in [0.1, 0.15) is 31.2 Å². The standard InChI is InChI=1S/C17H26N2O3/c1-22-16-10-6-5-9-15(16)18-17(21)19(11-12-20)13-14-7-3-2-4-8-14/h2-4,7-8,15-16,20H,5-6,9-13H2,1H3,(H,18,21). The topological polar surface area (TPSA) is 61.8 Å². The Morgan fingerprint density at radius 1 is 1.32 bits per heavy atom. The third-order valence-electron chi connectivity index (χ3n) is 4.19. The van der Waals surface area contributed by atoms with Crippen molar-refractivity contribution in [2.75, 3.05) is 20.3 Å². The molecule has 0 aliphatic heterocycles. The van der Waals surface area contributed by atoms with Crippen LogP contribution in [0.15, 0.2) is 30.3 Å². The summed E-state index contributed by atoms with van der Waals surface area (Å²) in [7, 11) is 1.70. The summed E-state index contributed by atoms with van der Waals surface area (Å²) in [6.07, 6.45) is 4.28. The monoisotopic (exact) mass is 306 g/mol. The highest BCUT2D eigenvalue weighted by Crippen LogP contribution is 2.21. The van der Waals surface area contributed by atoms with E-state index in [1.165, 1.54) is 0 Å². The number of hydrogen-bond donors (Lipinski definition) is 2. The fraction of sp³-hybridized carbons (Fsp3) is 0.588. The first-order valence-electron chi connectivity index (χ1n) is 7.97. The van der Waals surface area contributed by atoms with E-state index in [1.54, 1.807) is 12.0 Å². The zero-order valence-corrected chi connectivity index (χ0v) is 13.2. The van der Waals surface area contributed by atoms with Crippen LogP contribution in [0.2, 0.25) is 0 Å². The average molecular weight is 306 g/mol. The lowest BCUT2D eigenvalue weighted by atomic mass is 9.92. The van der Waals surface area contributed by atoms with Gasteiger partial charge in [0, 0.05) is 20.2 Å². The van der Waals surface area contributed by atoms with Gasteiger partial charge in [-0.15, -0.1) is 0 Å². The number of urea groups is 1. The second kappa shape index (κ2) is 8.76. The Bertz CT molecular complexity index is 452. The summed E-state index contributed by atoms with van der Waals surface area (Å²) in [4.78, 5) is 14.2. The van der Waals surface area contributed by atoms with Crippen molar-refractivity contribution in [3.8, 4) is 0 Å². The predicted octanol–water partition coefficient (Wildman–Crippen LogP) is 2.15. The molecule has 0 spiro atoms. The molecule has 2 rings (SSSR count). The van der Waals surface area contributed by atoms with Gasteiger partial charge in [-0.25, -0.2) is 4.79 Å². The van der Waals surface area contributed by atoms with Crippen molar-refractivity contribution in [3.05, 3.63) is 35.9 Å². The molecule has 0 saturated heterocycles. The average Bonchev–Trinajstić information content (AvgIpc) is 2.56. The Labute approximate surface area is 132 Å². The molecule has 1 aliphatic carbocycles. The molecule has 1 aliphatic rings. The Kier molecular flexibility index (Phi) is 6.68. The molecule has 0 radical (unpaired) electrons. The summed E-state index contributed by atoms with van der Waals surface area (Å²) >= 11 is 0. The number of nitrogens with zero attached hydrogens (tertiary/aromatic N) is 1. The van der Waals surface area contributed by atoms with Gasteiger partial charge < -0.3 is 20.1 Å². The van der Waals surface area contributed by atoms with Crippen LogP contribution in [0.4, 0.5) is 4.79 Å². The highest BCUT2D eigenvalue weighted by atomic mass is 16.5. The Morgan fingerprint density at radius 2 is 2.05 bits per heavy atom. The van der Waals surface area contributed by atoms with E-state index in [1.807, 2.05) is 30.3 Å². The van der Waals surface area contributed by atoms with Crippen molar-refractivity contribution >= 4 is 6.03 Å². The highest BCUT2D eigenvalue weighted by Gasteiger charge is 2.27. The van der Waals surface area contributed by atoms with Crippen LogP contribution < -0.4 is 5.32 Å². The van der Waals surface area contributed by atoms with E-state index in [0.717, 1.165) is 31.2 Å². The minimum absolute atomic E-state index is 0.0430. The lowest BCUT2D eigenvalue weighted by molar-refractivity contribution is 0.0426. The second-order valence-corrected chi connectivity index (χ2v) is 5.75. The summed E-state index contributed by atoms with van der Waals surface area (Å²) in [6, 6.07) is 9.74. The molecule has 2 unspecified atom stereocenters. The van der Waals surface area contributed by atoms with Crippen LogP contribution in [0.3, 0.4) is 0 Å². The molecule has 2 N–H and O–H groups in total. The number of benzene rings is 1. The van der Waals surface area contributed by atoms with Crippen LogP contribution in [0.5, 0.6) is 0 Å². The number of rotatable bonds is 6. The van der Waals surface area contributed by atoms with Gasteiger partial charge in [-0.1, -0.05) is 43.2 Å². The molecule has 0 aromatic heterocycles. The predicted molar refractivity (Wildman–Crippen MR) is 85.5 cm³/mol. The Hall–Kier alpha value is -1.59. The summed E-state index contributed by atoms with van der Waals surface area (Å²) < 4.78 is 5.48. The van der Waals surface area contributed by atoms with Crippen molar-refractivity contribution in [3.63, 3.8) is 0 Å². The minimum atomic E-state index is -0.133. The molecule has 122 valence electrons. The fourth-order valence-electron chi connectivity index (χ4n) is 2.97. The summed E-state index contributed by atoms with van der Waals surface area (Å²) in [6.45, 7) is 0.779. The molecule has 0 heterocycles. The molecule has 22 heavy (non-hydrogen) atoms. The van der Waals surface area contributed by atoms with E-state index in [0.29, 0.717) is 13.1 Å². The molecule has 2 amide bonds. The number of nitrogens with one attached hydrogen (secondary N) is 1. The van der Waals surface area contributed by atoms with Crippen LogP contribution >= 0.6 is 0 Å². The van der Waals surface area contributed by atoms with E-state index < -0.39 is 0 Å². The SMILES string of the molecule is COC1CCCCC1NC(=O)N(CCO)Cc1ccccc1. The quantitative estimate of drug-likeness (QED) is 0.846. The number of aliphatic hydroxyl groups excluding tert-OH is 1. The van der Waals surface area contributed by atoms with Gasteiger partial charge in [0.05, 0.1) is 18.8 Å². The van der Waals surface area contributed by atoms with Gasteiger partial charge in [-0.3, -0.25) is 0 Å². The zero-order valence-electron chi connectivity index (χ0n) is 13.2. The molecule has 1 aromatic carbocycles. The molecular formula is C17H26N2O3. The van der Waals surface area contributed by atoms with E-state index in [-0.39, 0.29) is 24.8 Å². The number of carbonyl (C=O) groups excluding carboxylic acids is 1. The smallest absolute Gasteiger partial charge is 0.318 e. The molecule has 5 nitrogen and oxygen atoms in total. The number of ether oxygens (including phenoxy) is 1. The lowest BCUT2D eigenvalue weighted by Crippen LogP contribution is -2.51. The number of methoxy groups -OCH3 is 1. The first kappa shape index (κ1) is 16.8. The Morgan fingerprint density at radius 3 is 2.73 bits per heavy atom. The van der Waals surface area contributed by atoms with E-state index in [2.05, 4.69) is 5.32 Å². The van der Waals surface area contributed by atoms with Crippen molar-refractivity contribution in [2.24, 2.45) is 0 Å². The summed E-state index contributed by atoms with van der Waals surface area (Å²) in [5.74, 6) is 0. The Balaban J connectivity index is 1.96. The third kappa shape index (κ3) is 4.71. The largest absolute Gasteiger partial charge is 0.395 e. The molecular weight excluding hydrogens is 280 g/mol. The minimum Gasteiger partial charge on any atom is -0.395 e. The van der Waals surface area contributed by atoms with Crippen LogP contribution in [-0.2, 0) is 11.3 Å². The van der Waals surface area contributed by atoms with Crippen LogP contribution in [0, 0.1) is 0 Å². The van der Waals surface area contributed by atoms with E-state index >= 15 is 0 Å². The van der Waals surface area contributed by atoms with Crippen LogP contribution in [-0.4, -0.2) is 48.4 Å². The number of hydrogen-bond acceptors (Lipinski definition) is 3. The van der Waals surface area contributed by atoms with Gasteiger partial charge in [-0.2, -0.15) is 0 Å². The van der Waals surface area contributed by atoms with Gasteiger partial charge >= 0.3 is 6.03 Å². The van der Waals surface area contributed by atoms with Gasteiger partial charge in [-0.05, 0) is 18.4 Å². The third-order valence-corrected chi connectivity index (χ3v) is 4.19. The van der Waals surface area contributed by atoms with Crippen molar-refractivity contribution in [1.29, 1.82) is 0 Å². The molecule has 1 saturated carbocycles. The second-order valence-electron chi connectivity index (χ2n) is 5.75. The summed E-state index contributed by atoms with van der Waals surface area (Å²) in [5.41, 5.74) is 1.05. The molecule has 5 heteroatoms. The van der Waals surface area contributed by atoms with Gasteiger partial charge in [0.1, 0.15) is 0 Å². The first-order chi connectivity index (χ1) is 10.7.